The number of rotatable bonds is 5. The summed E-state index contributed by atoms with van der Waals surface area (Å²) in [7, 11) is 0. The van der Waals surface area contributed by atoms with Crippen molar-refractivity contribution in [1.82, 2.24) is 19.1 Å². The van der Waals surface area contributed by atoms with E-state index in [4.69, 9.17) is 9.97 Å². The molecular weight excluding hydrogens is 801 g/mol. The van der Waals surface area contributed by atoms with Crippen LogP contribution in [0.1, 0.15) is 0 Å². The molecule has 3 heterocycles. The molecule has 3 aromatic heterocycles. The van der Waals surface area contributed by atoms with E-state index < -0.39 is 0 Å². The number of para-hydroxylation sites is 3. The predicted molar refractivity (Wildman–Crippen MR) is 277 cm³/mol. The summed E-state index contributed by atoms with van der Waals surface area (Å²) in [5.41, 5.74) is 13.9. The lowest BCUT2D eigenvalue weighted by atomic mass is 9.95. The van der Waals surface area contributed by atoms with Crippen LogP contribution >= 0.6 is 0 Å². The van der Waals surface area contributed by atoms with Crippen molar-refractivity contribution in [3.8, 4) is 45.0 Å². The van der Waals surface area contributed by atoms with E-state index in [9.17, 15) is 0 Å². The number of benzene rings is 11. The van der Waals surface area contributed by atoms with Crippen LogP contribution in [0.4, 0.5) is 0 Å². The Morgan fingerprint density at radius 2 is 0.803 bits per heavy atom. The molecule has 0 aliphatic carbocycles. The Bertz CT molecular complexity index is 4300. The molecule has 0 radical (unpaired) electrons. The first-order valence-corrected chi connectivity index (χ1v) is 22.6. The quantitative estimate of drug-likeness (QED) is 0.173. The van der Waals surface area contributed by atoms with Crippen LogP contribution in [-0.4, -0.2) is 19.1 Å². The maximum Gasteiger partial charge on any atom is 0.165 e. The minimum Gasteiger partial charge on any atom is -0.309 e. The number of nitrogens with zero attached hydrogens (tertiary/aromatic N) is 4. The van der Waals surface area contributed by atoms with Gasteiger partial charge in [-0.3, -0.25) is 4.57 Å². The molecule has 0 amide bonds. The Morgan fingerprint density at radius 3 is 1.53 bits per heavy atom. The SMILES string of the molecule is c1cc(-c2ccc3ccccc3c2)cc(-n2c3ccccc3c3c(-c4cccc5c4c4cc6ccccc6cc4n5-c4nc5ccccc5nc4-c4ccc5ccccc5c4)cccc32)c1. The molecule has 0 aliphatic heterocycles. The van der Waals surface area contributed by atoms with Gasteiger partial charge in [-0.1, -0.05) is 164 Å². The third kappa shape index (κ3) is 5.58. The Balaban J connectivity index is 1.04. The van der Waals surface area contributed by atoms with Crippen molar-refractivity contribution in [2.75, 3.05) is 0 Å². The van der Waals surface area contributed by atoms with E-state index in [2.05, 4.69) is 228 Å². The molecule has 0 aliphatic rings. The topological polar surface area (TPSA) is 35.6 Å². The summed E-state index contributed by atoms with van der Waals surface area (Å²) in [6, 6.07) is 83.5. The van der Waals surface area contributed by atoms with E-state index in [0.29, 0.717) is 0 Å². The van der Waals surface area contributed by atoms with Gasteiger partial charge in [0.25, 0.3) is 0 Å². The fraction of sp³-hybridized carbons (Fsp3) is 0. The summed E-state index contributed by atoms with van der Waals surface area (Å²) in [4.78, 5) is 10.9. The molecule has 0 unspecified atom stereocenters. The first-order valence-electron chi connectivity index (χ1n) is 22.6. The lowest BCUT2D eigenvalue weighted by Gasteiger charge is -2.15. The normalized spacial score (nSPS) is 11.9. The third-order valence-electron chi connectivity index (χ3n) is 13.6. The molecule has 0 bridgehead atoms. The van der Waals surface area contributed by atoms with E-state index in [1.807, 2.05) is 12.1 Å². The molecule has 0 N–H and O–H groups in total. The van der Waals surface area contributed by atoms with E-state index in [1.54, 1.807) is 0 Å². The molecule has 0 atom stereocenters. The van der Waals surface area contributed by atoms with Gasteiger partial charge in [0.15, 0.2) is 5.82 Å². The molecule has 4 heteroatoms. The van der Waals surface area contributed by atoms with Crippen LogP contribution in [0.5, 0.6) is 0 Å². The zero-order valence-electron chi connectivity index (χ0n) is 35.7. The van der Waals surface area contributed by atoms with Crippen LogP contribution in [0, 0.1) is 0 Å². The largest absolute Gasteiger partial charge is 0.309 e. The van der Waals surface area contributed by atoms with Crippen LogP contribution in [0.3, 0.4) is 0 Å². The van der Waals surface area contributed by atoms with Crippen LogP contribution < -0.4 is 0 Å². The summed E-state index contributed by atoms with van der Waals surface area (Å²) >= 11 is 0. The van der Waals surface area contributed by atoms with Gasteiger partial charge in [0.1, 0.15) is 5.69 Å². The summed E-state index contributed by atoms with van der Waals surface area (Å²) < 4.78 is 4.81. The van der Waals surface area contributed by atoms with Crippen molar-refractivity contribution in [2.24, 2.45) is 0 Å². The van der Waals surface area contributed by atoms with Gasteiger partial charge in [0.05, 0.1) is 33.1 Å². The highest BCUT2D eigenvalue weighted by molar-refractivity contribution is 6.23. The average molecular weight is 839 g/mol. The summed E-state index contributed by atoms with van der Waals surface area (Å²) in [6.07, 6.45) is 0. The molecule has 66 heavy (non-hydrogen) atoms. The van der Waals surface area contributed by atoms with Crippen molar-refractivity contribution in [3.63, 3.8) is 0 Å². The molecule has 0 saturated heterocycles. The van der Waals surface area contributed by atoms with Gasteiger partial charge in [-0.2, -0.15) is 0 Å². The van der Waals surface area contributed by atoms with Crippen molar-refractivity contribution < 1.29 is 0 Å². The van der Waals surface area contributed by atoms with E-state index in [1.165, 1.54) is 81.6 Å². The minimum atomic E-state index is 0.803. The summed E-state index contributed by atoms with van der Waals surface area (Å²) in [5, 5.41) is 12.0. The van der Waals surface area contributed by atoms with Crippen molar-refractivity contribution in [1.29, 1.82) is 0 Å². The van der Waals surface area contributed by atoms with Gasteiger partial charge in [0, 0.05) is 32.8 Å². The third-order valence-corrected chi connectivity index (χ3v) is 13.6. The Labute approximate surface area is 379 Å². The monoisotopic (exact) mass is 838 g/mol. The lowest BCUT2D eigenvalue weighted by Crippen LogP contribution is -2.03. The molecule has 14 rings (SSSR count). The highest BCUT2D eigenvalue weighted by Gasteiger charge is 2.24. The van der Waals surface area contributed by atoms with Crippen molar-refractivity contribution in [3.05, 3.63) is 231 Å². The highest BCUT2D eigenvalue weighted by Crippen LogP contribution is 2.46. The summed E-state index contributed by atoms with van der Waals surface area (Å²) in [6.45, 7) is 0. The standard InChI is InChI=1S/C62H38N4/c1-3-16-41-34-46(32-30-39(41)14-1)43-20-11-21-48(36-43)65-55-27-10-7-22-51(55)59-49(23-12-28-56(59)65)50-24-13-29-57-60(50)52-37-44-18-5-6-19-45(44)38-58(52)66(57)62-61(63-53-25-8-9-26-54(53)64-62)47-33-31-40-15-2-4-17-42(40)35-47/h1-38H. The van der Waals surface area contributed by atoms with E-state index >= 15 is 0 Å². The smallest absolute Gasteiger partial charge is 0.165 e. The highest BCUT2D eigenvalue weighted by atomic mass is 15.1. The second-order valence-electron chi connectivity index (χ2n) is 17.4. The zero-order chi connectivity index (χ0) is 43.3. The van der Waals surface area contributed by atoms with Crippen LogP contribution in [0.25, 0.3) is 132 Å². The minimum absolute atomic E-state index is 0.803. The van der Waals surface area contributed by atoms with Crippen molar-refractivity contribution >= 4 is 87.0 Å². The van der Waals surface area contributed by atoms with Gasteiger partial charge in [-0.25, -0.2) is 9.97 Å². The molecule has 0 fully saturated rings. The van der Waals surface area contributed by atoms with E-state index in [-0.39, 0.29) is 0 Å². The summed E-state index contributed by atoms with van der Waals surface area (Å²) in [5.74, 6) is 0.803. The molecule has 306 valence electrons. The van der Waals surface area contributed by atoms with E-state index in [0.717, 1.165) is 50.3 Å². The maximum absolute atomic E-state index is 5.53. The molecular formula is C62H38N4. The van der Waals surface area contributed by atoms with Gasteiger partial charge in [0.2, 0.25) is 0 Å². The van der Waals surface area contributed by atoms with Gasteiger partial charge >= 0.3 is 0 Å². The van der Waals surface area contributed by atoms with Crippen LogP contribution in [-0.2, 0) is 0 Å². The van der Waals surface area contributed by atoms with Crippen LogP contribution in [0.15, 0.2) is 231 Å². The fourth-order valence-corrected chi connectivity index (χ4v) is 10.6. The molecule has 0 spiro atoms. The maximum atomic E-state index is 5.53. The Hall–Kier alpha value is -8.86. The second-order valence-corrected chi connectivity index (χ2v) is 17.4. The second kappa shape index (κ2) is 14.3. The predicted octanol–water partition coefficient (Wildman–Crippen LogP) is 16.3. The number of aromatic nitrogens is 4. The van der Waals surface area contributed by atoms with Crippen molar-refractivity contribution in [2.45, 2.75) is 0 Å². The van der Waals surface area contributed by atoms with Gasteiger partial charge in [-0.15, -0.1) is 0 Å². The Morgan fingerprint density at radius 1 is 0.288 bits per heavy atom. The lowest BCUT2D eigenvalue weighted by molar-refractivity contribution is 1.08. The van der Waals surface area contributed by atoms with Gasteiger partial charge < -0.3 is 4.57 Å². The first-order chi connectivity index (χ1) is 32.7. The number of hydrogen-bond acceptors (Lipinski definition) is 2. The molecule has 4 nitrogen and oxygen atoms in total. The number of fused-ring (bicyclic) bond motifs is 10. The fourth-order valence-electron chi connectivity index (χ4n) is 10.6. The average Bonchev–Trinajstić information content (AvgIpc) is 3.90. The Kier molecular flexibility index (Phi) is 7.95. The molecule has 11 aromatic carbocycles. The molecule has 14 aromatic rings. The zero-order valence-corrected chi connectivity index (χ0v) is 35.7. The van der Waals surface area contributed by atoms with Crippen LogP contribution in [0.2, 0.25) is 0 Å². The first kappa shape index (κ1) is 36.6. The molecule has 0 saturated carbocycles. The van der Waals surface area contributed by atoms with Gasteiger partial charge in [-0.05, 0) is 121 Å². The number of hydrogen-bond donors (Lipinski definition) is 0.